The molecule has 0 saturated carbocycles. The van der Waals surface area contributed by atoms with Gasteiger partial charge >= 0.3 is 0 Å². The predicted octanol–water partition coefficient (Wildman–Crippen LogP) is 2.68. The summed E-state index contributed by atoms with van der Waals surface area (Å²) in [5, 5.41) is 15.1. The number of halogens is 1. The number of nitrogens with zero attached hydrogens (tertiary/aromatic N) is 2. The Bertz CT molecular complexity index is 388. The minimum absolute atomic E-state index is 0.258. The highest BCUT2D eigenvalue weighted by molar-refractivity contribution is 9.10. The van der Waals surface area contributed by atoms with Gasteiger partial charge in [0, 0.05) is 18.7 Å². The van der Waals surface area contributed by atoms with Gasteiger partial charge in [0.2, 0.25) is 0 Å². The molecule has 1 saturated heterocycles. The fourth-order valence-corrected chi connectivity index (χ4v) is 4.12. The summed E-state index contributed by atoms with van der Waals surface area (Å²) in [6.45, 7) is 1.98. The summed E-state index contributed by atoms with van der Waals surface area (Å²) in [6, 6.07) is 0. The lowest BCUT2D eigenvalue weighted by molar-refractivity contribution is 0.163. The maximum Gasteiger partial charge on any atom is 0.0738 e. The van der Waals surface area contributed by atoms with E-state index in [0.29, 0.717) is 11.7 Å². The second-order valence-electron chi connectivity index (χ2n) is 4.65. The molecule has 2 heterocycles. The number of thioether (sulfide) groups is 1. The van der Waals surface area contributed by atoms with Crippen LogP contribution in [0.15, 0.2) is 4.47 Å². The topological polar surface area (TPSA) is 38.0 Å². The van der Waals surface area contributed by atoms with E-state index < -0.39 is 0 Å². The maximum absolute atomic E-state index is 10.3. The van der Waals surface area contributed by atoms with Crippen LogP contribution in [0.2, 0.25) is 0 Å². The molecule has 1 aromatic rings. The standard InChI is InChI=1S/C12H19BrN2OS/c1-8-12(13)9(15(2)14-8)7-10(16)11-5-3-4-6-17-11/h10-11,16H,3-7H2,1-2H3. The van der Waals surface area contributed by atoms with Gasteiger partial charge in [0.1, 0.15) is 0 Å². The molecule has 2 rings (SSSR count). The van der Waals surface area contributed by atoms with E-state index in [2.05, 4.69) is 21.0 Å². The third kappa shape index (κ3) is 3.06. The normalized spacial score (nSPS) is 22.7. The van der Waals surface area contributed by atoms with Crippen molar-refractivity contribution in [2.24, 2.45) is 7.05 Å². The molecule has 96 valence electrons. The highest BCUT2D eigenvalue weighted by Gasteiger charge is 2.24. The summed E-state index contributed by atoms with van der Waals surface area (Å²) in [6.07, 6.45) is 4.12. The highest BCUT2D eigenvalue weighted by atomic mass is 79.9. The lowest BCUT2D eigenvalue weighted by Crippen LogP contribution is -2.28. The third-order valence-electron chi connectivity index (χ3n) is 3.31. The van der Waals surface area contributed by atoms with Crippen LogP contribution in [0.1, 0.15) is 30.7 Å². The molecule has 2 unspecified atom stereocenters. The van der Waals surface area contributed by atoms with Crippen molar-refractivity contribution in [3.8, 4) is 0 Å². The van der Waals surface area contributed by atoms with Gasteiger partial charge in [-0.1, -0.05) is 6.42 Å². The van der Waals surface area contributed by atoms with E-state index in [4.69, 9.17) is 0 Å². The molecule has 0 amide bonds. The van der Waals surface area contributed by atoms with Crippen molar-refractivity contribution in [2.75, 3.05) is 5.75 Å². The Morgan fingerprint density at radius 1 is 1.59 bits per heavy atom. The van der Waals surface area contributed by atoms with Crippen molar-refractivity contribution in [2.45, 2.75) is 44.0 Å². The second kappa shape index (κ2) is 5.76. The van der Waals surface area contributed by atoms with Gasteiger partial charge in [-0.3, -0.25) is 4.68 Å². The lowest BCUT2D eigenvalue weighted by atomic mass is 10.1. The van der Waals surface area contributed by atoms with Gasteiger partial charge in [0.05, 0.1) is 22.0 Å². The maximum atomic E-state index is 10.3. The molecule has 2 atom stereocenters. The Morgan fingerprint density at radius 2 is 2.35 bits per heavy atom. The van der Waals surface area contributed by atoms with Crippen LogP contribution in [0, 0.1) is 6.92 Å². The molecular formula is C12H19BrN2OS. The average molecular weight is 319 g/mol. The first-order chi connectivity index (χ1) is 8.09. The van der Waals surface area contributed by atoms with Crippen molar-refractivity contribution in [3.05, 3.63) is 15.9 Å². The number of rotatable bonds is 3. The van der Waals surface area contributed by atoms with Gasteiger partial charge in [0.15, 0.2) is 0 Å². The predicted molar refractivity (Wildman–Crippen MR) is 75.5 cm³/mol. The number of aromatic nitrogens is 2. The molecule has 0 bridgehead atoms. The Labute approximate surface area is 115 Å². The van der Waals surface area contributed by atoms with Gasteiger partial charge in [-0.15, -0.1) is 0 Å². The summed E-state index contributed by atoms with van der Waals surface area (Å²) in [7, 11) is 1.94. The van der Waals surface area contributed by atoms with Crippen molar-refractivity contribution >= 4 is 27.7 Å². The van der Waals surface area contributed by atoms with Crippen LogP contribution in [0.5, 0.6) is 0 Å². The lowest BCUT2D eigenvalue weighted by Gasteiger charge is -2.26. The van der Waals surface area contributed by atoms with Crippen molar-refractivity contribution < 1.29 is 5.11 Å². The van der Waals surface area contributed by atoms with Crippen LogP contribution in [0.4, 0.5) is 0 Å². The first-order valence-corrected chi connectivity index (χ1v) is 7.91. The molecule has 5 heteroatoms. The Kier molecular flexibility index (Phi) is 4.55. The van der Waals surface area contributed by atoms with Crippen LogP contribution in [-0.4, -0.2) is 32.0 Å². The van der Waals surface area contributed by atoms with Crippen LogP contribution in [0.3, 0.4) is 0 Å². The van der Waals surface area contributed by atoms with E-state index in [9.17, 15) is 5.11 Å². The van der Waals surface area contributed by atoms with Crippen molar-refractivity contribution in [1.82, 2.24) is 9.78 Å². The Morgan fingerprint density at radius 3 is 2.88 bits per heavy atom. The van der Waals surface area contributed by atoms with E-state index in [1.165, 1.54) is 18.6 Å². The monoisotopic (exact) mass is 318 g/mol. The van der Waals surface area contributed by atoms with Crippen LogP contribution >= 0.6 is 27.7 Å². The van der Waals surface area contributed by atoms with Crippen molar-refractivity contribution in [3.63, 3.8) is 0 Å². The quantitative estimate of drug-likeness (QED) is 0.931. The Hall–Kier alpha value is -0.000000000000000111. The number of hydrogen-bond donors (Lipinski definition) is 1. The molecule has 3 nitrogen and oxygen atoms in total. The molecule has 1 aromatic heterocycles. The first kappa shape index (κ1) is 13.4. The third-order valence-corrected chi connectivity index (χ3v) is 5.84. The molecular weight excluding hydrogens is 300 g/mol. The van der Waals surface area contributed by atoms with Gasteiger partial charge in [-0.25, -0.2) is 0 Å². The molecule has 0 aromatic carbocycles. The number of aliphatic hydroxyl groups is 1. The highest BCUT2D eigenvalue weighted by Crippen LogP contribution is 2.30. The minimum atomic E-state index is -0.258. The van der Waals surface area contributed by atoms with E-state index in [1.54, 1.807) is 0 Å². The summed E-state index contributed by atoms with van der Waals surface area (Å²) >= 11 is 5.47. The fraction of sp³-hybridized carbons (Fsp3) is 0.750. The molecule has 1 aliphatic rings. The van der Waals surface area contributed by atoms with Gasteiger partial charge in [-0.2, -0.15) is 16.9 Å². The van der Waals surface area contributed by atoms with E-state index in [0.717, 1.165) is 22.3 Å². The SMILES string of the molecule is Cc1nn(C)c(CC(O)C2CCCCS2)c1Br. The van der Waals surface area contributed by atoms with Gasteiger partial charge in [0.25, 0.3) is 0 Å². The summed E-state index contributed by atoms with van der Waals surface area (Å²) in [5.41, 5.74) is 2.09. The number of aryl methyl sites for hydroxylation is 2. The summed E-state index contributed by atoms with van der Waals surface area (Å²) < 4.78 is 2.91. The number of aliphatic hydroxyl groups excluding tert-OH is 1. The minimum Gasteiger partial charge on any atom is -0.392 e. The summed E-state index contributed by atoms with van der Waals surface area (Å²) in [5.74, 6) is 1.19. The Balaban J connectivity index is 2.04. The number of hydrogen-bond acceptors (Lipinski definition) is 3. The van der Waals surface area contributed by atoms with E-state index >= 15 is 0 Å². The molecule has 1 N–H and O–H groups in total. The first-order valence-electron chi connectivity index (χ1n) is 6.07. The van der Waals surface area contributed by atoms with Crippen LogP contribution < -0.4 is 0 Å². The zero-order valence-corrected chi connectivity index (χ0v) is 12.7. The smallest absolute Gasteiger partial charge is 0.0738 e. The molecule has 1 fully saturated rings. The van der Waals surface area contributed by atoms with Crippen LogP contribution in [-0.2, 0) is 13.5 Å². The van der Waals surface area contributed by atoms with Gasteiger partial charge in [-0.05, 0) is 41.4 Å². The fourth-order valence-electron chi connectivity index (χ4n) is 2.30. The van der Waals surface area contributed by atoms with Gasteiger partial charge < -0.3 is 5.11 Å². The molecule has 1 aliphatic heterocycles. The summed E-state index contributed by atoms with van der Waals surface area (Å²) in [4.78, 5) is 0. The second-order valence-corrected chi connectivity index (χ2v) is 6.79. The van der Waals surface area contributed by atoms with E-state index in [-0.39, 0.29) is 6.10 Å². The molecule has 0 aliphatic carbocycles. The zero-order chi connectivity index (χ0) is 12.4. The zero-order valence-electron chi connectivity index (χ0n) is 10.3. The molecule has 17 heavy (non-hydrogen) atoms. The average Bonchev–Trinajstić information content (AvgIpc) is 2.57. The molecule has 0 radical (unpaired) electrons. The van der Waals surface area contributed by atoms with E-state index in [1.807, 2.05) is 30.4 Å². The van der Waals surface area contributed by atoms with Crippen LogP contribution in [0.25, 0.3) is 0 Å². The van der Waals surface area contributed by atoms with Crippen molar-refractivity contribution in [1.29, 1.82) is 0 Å². The molecule has 0 spiro atoms. The largest absolute Gasteiger partial charge is 0.392 e.